The van der Waals surface area contributed by atoms with Gasteiger partial charge in [-0.05, 0) is 61.6 Å². The van der Waals surface area contributed by atoms with E-state index in [9.17, 15) is 14.7 Å². The number of benzene rings is 2. The summed E-state index contributed by atoms with van der Waals surface area (Å²) in [5.74, 6) is -0.429. The Bertz CT molecular complexity index is 950. The number of fused-ring (bicyclic) bond motifs is 1. The van der Waals surface area contributed by atoms with E-state index in [0.29, 0.717) is 18.8 Å². The lowest BCUT2D eigenvalue weighted by molar-refractivity contribution is -0.140. The highest BCUT2D eigenvalue weighted by Crippen LogP contribution is 2.30. The third kappa shape index (κ3) is 6.23. The fourth-order valence-corrected chi connectivity index (χ4v) is 5.45. The fraction of sp³-hybridized carbons (Fsp3) is 0.500. The first kappa shape index (κ1) is 23.5. The molecule has 0 bridgehead atoms. The van der Waals surface area contributed by atoms with Gasteiger partial charge in [0.05, 0.1) is 6.04 Å². The number of hydrogen-bond acceptors (Lipinski definition) is 3. The van der Waals surface area contributed by atoms with Gasteiger partial charge >= 0.3 is 5.97 Å². The van der Waals surface area contributed by atoms with Crippen molar-refractivity contribution in [1.82, 2.24) is 5.32 Å². The van der Waals surface area contributed by atoms with Crippen LogP contribution in [0.4, 0.5) is 5.69 Å². The number of nitrogens with one attached hydrogen (secondary N) is 2. The van der Waals surface area contributed by atoms with Crippen LogP contribution in [0.1, 0.15) is 61.6 Å². The van der Waals surface area contributed by atoms with Gasteiger partial charge in [-0.3, -0.25) is 14.9 Å². The van der Waals surface area contributed by atoms with Crippen LogP contribution in [0.3, 0.4) is 0 Å². The summed E-state index contributed by atoms with van der Waals surface area (Å²) < 4.78 is 0. The predicted molar refractivity (Wildman–Crippen MR) is 131 cm³/mol. The quantitative estimate of drug-likeness (QED) is 0.524. The number of carboxylic acids is 1. The molecule has 2 aromatic rings. The summed E-state index contributed by atoms with van der Waals surface area (Å²) in [4.78, 5) is 25.5. The molecule has 0 spiro atoms. The molecule has 4 rings (SSSR count). The van der Waals surface area contributed by atoms with Crippen LogP contribution in [0, 0.1) is 18.8 Å². The van der Waals surface area contributed by atoms with Gasteiger partial charge in [0.25, 0.3) is 0 Å². The highest BCUT2D eigenvalue weighted by molar-refractivity contribution is 5.97. The summed E-state index contributed by atoms with van der Waals surface area (Å²) in [7, 11) is 0. The van der Waals surface area contributed by atoms with Crippen molar-refractivity contribution in [2.75, 3.05) is 5.32 Å². The molecule has 5 nitrogen and oxygen atoms in total. The van der Waals surface area contributed by atoms with Gasteiger partial charge in [0.1, 0.15) is 6.04 Å². The van der Waals surface area contributed by atoms with Crippen molar-refractivity contribution < 1.29 is 14.7 Å². The van der Waals surface area contributed by atoms with Gasteiger partial charge in [-0.25, -0.2) is 0 Å². The maximum atomic E-state index is 13.3. The first-order valence-electron chi connectivity index (χ1n) is 12.4. The first-order chi connectivity index (χ1) is 16.0. The van der Waals surface area contributed by atoms with E-state index in [-0.39, 0.29) is 11.8 Å². The minimum atomic E-state index is -0.866. The Morgan fingerprint density at radius 1 is 1.09 bits per heavy atom. The minimum Gasteiger partial charge on any atom is -0.480 e. The average Bonchev–Trinajstić information content (AvgIpc) is 2.94. The number of amides is 1. The lowest BCUT2D eigenvalue weighted by Gasteiger charge is -2.29. The van der Waals surface area contributed by atoms with Gasteiger partial charge in [-0.2, -0.15) is 0 Å². The Hall–Kier alpha value is -2.66. The molecule has 1 aliphatic carbocycles. The van der Waals surface area contributed by atoms with Crippen LogP contribution in [0.5, 0.6) is 0 Å². The van der Waals surface area contributed by atoms with E-state index < -0.39 is 18.1 Å². The second kappa shape index (κ2) is 11.0. The highest BCUT2D eigenvalue weighted by Gasteiger charge is 2.35. The molecule has 3 atom stereocenters. The van der Waals surface area contributed by atoms with E-state index in [0.717, 1.165) is 24.1 Å². The normalized spacial score (nSPS) is 22.2. The van der Waals surface area contributed by atoms with E-state index in [1.54, 1.807) is 0 Å². The number of hydrogen-bond donors (Lipinski definition) is 3. The number of anilines is 1. The minimum absolute atomic E-state index is 0.0344. The zero-order valence-corrected chi connectivity index (χ0v) is 19.6. The third-order valence-corrected chi connectivity index (χ3v) is 7.40. The summed E-state index contributed by atoms with van der Waals surface area (Å²) in [5, 5.41) is 16.3. The maximum absolute atomic E-state index is 13.3. The monoisotopic (exact) mass is 448 g/mol. The van der Waals surface area contributed by atoms with E-state index in [1.165, 1.54) is 43.2 Å². The molecular formula is C28H36N2O3. The van der Waals surface area contributed by atoms with Gasteiger partial charge in [0.2, 0.25) is 5.91 Å². The summed E-state index contributed by atoms with van der Waals surface area (Å²) in [6.45, 7) is 2.06. The van der Waals surface area contributed by atoms with Gasteiger partial charge in [0, 0.05) is 5.69 Å². The molecule has 0 aromatic heterocycles. The number of aryl methyl sites for hydroxylation is 1. The number of carboxylic acid groups (broad SMARTS) is 1. The van der Waals surface area contributed by atoms with Crippen molar-refractivity contribution >= 4 is 17.6 Å². The van der Waals surface area contributed by atoms with E-state index in [1.807, 2.05) is 18.2 Å². The molecule has 2 aromatic carbocycles. The van der Waals surface area contributed by atoms with Crippen molar-refractivity contribution in [2.45, 2.75) is 76.8 Å². The fourth-order valence-electron chi connectivity index (χ4n) is 5.45. The molecule has 33 heavy (non-hydrogen) atoms. The molecule has 5 heteroatoms. The van der Waals surface area contributed by atoms with Crippen LogP contribution in [0.15, 0.2) is 48.5 Å². The SMILES string of the molecule is Cc1ccc(CC2Cc3ccccc3NC(=O)[C@H]2N[C@@H](CCC2CCCCC2)C(=O)O)cc1. The molecule has 0 saturated heterocycles. The Morgan fingerprint density at radius 2 is 1.82 bits per heavy atom. The number of carbonyl (C=O) groups is 2. The Kier molecular flexibility index (Phi) is 7.81. The number of para-hydroxylation sites is 1. The van der Waals surface area contributed by atoms with Crippen molar-refractivity contribution in [3.63, 3.8) is 0 Å². The largest absolute Gasteiger partial charge is 0.480 e. The Balaban J connectivity index is 1.54. The summed E-state index contributed by atoms with van der Waals surface area (Å²) in [6, 6.07) is 15.0. The van der Waals surface area contributed by atoms with Crippen LogP contribution in [-0.2, 0) is 22.4 Å². The van der Waals surface area contributed by atoms with Crippen LogP contribution < -0.4 is 10.6 Å². The molecule has 1 heterocycles. The Labute approximate surface area is 197 Å². The number of aliphatic carboxylic acids is 1. The van der Waals surface area contributed by atoms with E-state index >= 15 is 0 Å². The van der Waals surface area contributed by atoms with E-state index in [2.05, 4.69) is 47.9 Å². The number of rotatable bonds is 8. The molecule has 1 amide bonds. The highest BCUT2D eigenvalue weighted by atomic mass is 16.4. The molecule has 3 N–H and O–H groups in total. The molecule has 1 aliphatic heterocycles. The second-order valence-electron chi connectivity index (χ2n) is 9.92. The Morgan fingerprint density at radius 3 is 2.55 bits per heavy atom. The maximum Gasteiger partial charge on any atom is 0.320 e. The number of carbonyl (C=O) groups excluding carboxylic acids is 1. The lowest BCUT2D eigenvalue weighted by atomic mass is 9.84. The molecular weight excluding hydrogens is 412 g/mol. The first-order valence-corrected chi connectivity index (χ1v) is 12.4. The van der Waals surface area contributed by atoms with Crippen LogP contribution in [-0.4, -0.2) is 29.1 Å². The van der Waals surface area contributed by atoms with Crippen LogP contribution >= 0.6 is 0 Å². The van der Waals surface area contributed by atoms with Crippen LogP contribution in [0.25, 0.3) is 0 Å². The van der Waals surface area contributed by atoms with Gasteiger partial charge in [0.15, 0.2) is 0 Å². The molecule has 1 fully saturated rings. The van der Waals surface area contributed by atoms with Crippen molar-refractivity contribution in [2.24, 2.45) is 11.8 Å². The molecule has 1 saturated carbocycles. The van der Waals surface area contributed by atoms with E-state index in [4.69, 9.17) is 0 Å². The summed E-state index contributed by atoms with van der Waals surface area (Å²) in [6.07, 6.45) is 9.08. The zero-order chi connectivity index (χ0) is 23.2. The lowest BCUT2D eigenvalue weighted by Crippen LogP contribution is -2.52. The molecule has 176 valence electrons. The van der Waals surface area contributed by atoms with Crippen molar-refractivity contribution in [1.29, 1.82) is 0 Å². The van der Waals surface area contributed by atoms with Gasteiger partial charge in [-0.1, -0.05) is 80.1 Å². The summed E-state index contributed by atoms with van der Waals surface area (Å²) in [5.41, 5.74) is 4.29. The second-order valence-corrected chi connectivity index (χ2v) is 9.92. The molecule has 1 unspecified atom stereocenters. The predicted octanol–water partition coefficient (Wildman–Crippen LogP) is 5.12. The van der Waals surface area contributed by atoms with Crippen LogP contribution in [0.2, 0.25) is 0 Å². The standard InChI is InChI=1S/C28H36N2O3/c1-19-11-13-21(14-12-19)17-23-18-22-9-5-6-10-24(22)30-27(31)26(23)29-25(28(32)33)16-15-20-7-3-2-4-8-20/h5-6,9-14,20,23,25-26,29H,2-4,7-8,15-18H2,1H3,(H,30,31)(H,32,33)/t23?,25-,26-/m0/s1. The third-order valence-electron chi connectivity index (χ3n) is 7.40. The molecule has 0 radical (unpaired) electrons. The van der Waals surface area contributed by atoms with Gasteiger partial charge in [-0.15, -0.1) is 0 Å². The smallest absolute Gasteiger partial charge is 0.320 e. The van der Waals surface area contributed by atoms with Crippen molar-refractivity contribution in [3.8, 4) is 0 Å². The molecule has 2 aliphatic rings. The van der Waals surface area contributed by atoms with Gasteiger partial charge < -0.3 is 10.4 Å². The summed E-state index contributed by atoms with van der Waals surface area (Å²) >= 11 is 0. The zero-order valence-electron chi connectivity index (χ0n) is 19.6. The average molecular weight is 449 g/mol. The topological polar surface area (TPSA) is 78.4 Å². The van der Waals surface area contributed by atoms with Crippen molar-refractivity contribution in [3.05, 3.63) is 65.2 Å².